The molecule has 0 aliphatic carbocycles. The number of carbonyl (C=O) groups is 2. The lowest BCUT2D eigenvalue weighted by Crippen LogP contribution is -2.40. The van der Waals surface area contributed by atoms with E-state index in [-0.39, 0.29) is 23.9 Å². The smallest absolute Gasteiger partial charge is 0.315 e. The van der Waals surface area contributed by atoms with Crippen molar-refractivity contribution in [2.45, 2.75) is 40.0 Å². The van der Waals surface area contributed by atoms with Crippen molar-refractivity contribution in [1.82, 2.24) is 14.7 Å². The maximum absolute atomic E-state index is 12.9. The van der Waals surface area contributed by atoms with Crippen molar-refractivity contribution in [3.05, 3.63) is 71.9 Å². The van der Waals surface area contributed by atoms with Gasteiger partial charge in [0.15, 0.2) is 0 Å². The largest absolute Gasteiger partial charge is 0.322 e. The predicted octanol–water partition coefficient (Wildman–Crippen LogP) is 4.97. The predicted molar refractivity (Wildman–Crippen MR) is 128 cm³/mol. The van der Waals surface area contributed by atoms with E-state index in [4.69, 9.17) is 5.10 Å². The van der Waals surface area contributed by atoms with Crippen LogP contribution >= 0.6 is 0 Å². The van der Waals surface area contributed by atoms with E-state index in [0.29, 0.717) is 18.1 Å². The highest BCUT2D eigenvalue weighted by atomic mass is 16.2. The number of hydrogen-bond acceptors (Lipinski definition) is 3. The number of aromatic nitrogens is 2. The zero-order valence-electron chi connectivity index (χ0n) is 19.3. The van der Waals surface area contributed by atoms with Crippen molar-refractivity contribution in [2.24, 2.45) is 0 Å². The van der Waals surface area contributed by atoms with Crippen LogP contribution in [-0.4, -0.2) is 39.7 Å². The first kappa shape index (κ1) is 23.1. The van der Waals surface area contributed by atoms with Gasteiger partial charge in [0.1, 0.15) is 12.4 Å². The standard InChI is InChI=1S/C25H31N5O2/c1-6-29(24(32)26-19-12-10-11-18(2)15-19)17-23(31)27-22-16-21(25(3,4)5)28-30(22)20-13-8-7-9-14-20/h7-16H,6,17H2,1-5H3,(H,26,32)(H,27,31). The number of hydrogen-bond donors (Lipinski definition) is 2. The first-order chi connectivity index (χ1) is 15.2. The molecule has 0 aliphatic heterocycles. The number of carbonyl (C=O) groups excluding carboxylic acids is 2. The maximum Gasteiger partial charge on any atom is 0.322 e. The molecule has 7 nitrogen and oxygen atoms in total. The molecule has 2 aromatic carbocycles. The number of nitrogens with zero attached hydrogens (tertiary/aromatic N) is 3. The summed E-state index contributed by atoms with van der Waals surface area (Å²) in [5, 5.41) is 10.5. The quantitative estimate of drug-likeness (QED) is 0.576. The van der Waals surface area contributed by atoms with Crippen molar-refractivity contribution >= 4 is 23.4 Å². The molecule has 168 valence electrons. The molecule has 1 aromatic heterocycles. The Bertz CT molecular complexity index is 1080. The Morgan fingerprint density at radius 3 is 2.34 bits per heavy atom. The number of anilines is 2. The number of nitrogens with one attached hydrogen (secondary N) is 2. The van der Waals surface area contributed by atoms with Crippen molar-refractivity contribution in [2.75, 3.05) is 23.7 Å². The van der Waals surface area contributed by atoms with E-state index in [1.165, 1.54) is 4.90 Å². The molecule has 0 bridgehead atoms. The van der Waals surface area contributed by atoms with E-state index < -0.39 is 0 Å². The molecule has 0 spiro atoms. The summed E-state index contributed by atoms with van der Waals surface area (Å²) in [6.07, 6.45) is 0. The Balaban J connectivity index is 1.75. The average Bonchev–Trinajstić information content (AvgIpc) is 3.17. The summed E-state index contributed by atoms with van der Waals surface area (Å²) in [6.45, 7) is 10.4. The molecular formula is C25H31N5O2. The minimum absolute atomic E-state index is 0.0705. The Morgan fingerprint density at radius 1 is 1.00 bits per heavy atom. The number of aryl methyl sites for hydroxylation is 1. The van der Waals surface area contributed by atoms with Gasteiger partial charge in [0, 0.05) is 23.7 Å². The zero-order valence-corrected chi connectivity index (χ0v) is 19.3. The van der Waals surface area contributed by atoms with Gasteiger partial charge in [-0.15, -0.1) is 0 Å². The van der Waals surface area contributed by atoms with Gasteiger partial charge in [-0.25, -0.2) is 9.48 Å². The molecule has 0 saturated heterocycles. The van der Waals surface area contributed by atoms with Crippen LogP contribution < -0.4 is 10.6 Å². The van der Waals surface area contributed by atoms with E-state index >= 15 is 0 Å². The molecule has 0 atom stereocenters. The normalized spacial score (nSPS) is 11.2. The lowest BCUT2D eigenvalue weighted by Gasteiger charge is -2.21. The van der Waals surface area contributed by atoms with Gasteiger partial charge in [0.05, 0.1) is 11.4 Å². The van der Waals surface area contributed by atoms with E-state index in [2.05, 4.69) is 31.4 Å². The van der Waals surface area contributed by atoms with Crippen LogP contribution in [0.5, 0.6) is 0 Å². The molecule has 3 rings (SSSR count). The van der Waals surface area contributed by atoms with Gasteiger partial charge in [-0.1, -0.05) is 51.1 Å². The average molecular weight is 434 g/mol. The number of likely N-dealkylation sites (N-methyl/N-ethyl adjacent to an activating group) is 1. The first-order valence-corrected chi connectivity index (χ1v) is 10.8. The lowest BCUT2D eigenvalue weighted by molar-refractivity contribution is -0.116. The molecule has 3 aromatic rings. The Morgan fingerprint density at radius 2 is 1.72 bits per heavy atom. The number of rotatable bonds is 6. The fourth-order valence-corrected chi connectivity index (χ4v) is 3.21. The molecule has 7 heteroatoms. The van der Waals surface area contributed by atoms with Gasteiger partial charge < -0.3 is 15.5 Å². The fraction of sp³-hybridized carbons (Fsp3) is 0.320. The highest BCUT2D eigenvalue weighted by Crippen LogP contribution is 2.26. The molecule has 0 fully saturated rings. The van der Waals surface area contributed by atoms with Crippen LogP contribution in [0.4, 0.5) is 16.3 Å². The summed E-state index contributed by atoms with van der Waals surface area (Å²) in [5.41, 5.74) is 3.28. The van der Waals surface area contributed by atoms with Crippen molar-refractivity contribution in [3.8, 4) is 5.69 Å². The van der Waals surface area contributed by atoms with Gasteiger partial charge in [-0.3, -0.25) is 4.79 Å². The SMILES string of the molecule is CCN(CC(=O)Nc1cc(C(C)(C)C)nn1-c1ccccc1)C(=O)Nc1cccc(C)c1. The minimum Gasteiger partial charge on any atom is -0.315 e. The number of para-hydroxylation sites is 1. The van der Waals surface area contributed by atoms with Gasteiger partial charge in [0.2, 0.25) is 5.91 Å². The van der Waals surface area contributed by atoms with Crippen molar-refractivity contribution in [3.63, 3.8) is 0 Å². The Labute approximate surface area is 189 Å². The highest BCUT2D eigenvalue weighted by Gasteiger charge is 2.22. The molecule has 0 aliphatic rings. The van der Waals surface area contributed by atoms with Gasteiger partial charge >= 0.3 is 6.03 Å². The summed E-state index contributed by atoms with van der Waals surface area (Å²) in [4.78, 5) is 27.0. The fourth-order valence-electron chi connectivity index (χ4n) is 3.21. The second-order valence-electron chi connectivity index (χ2n) is 8.77. The third-order valence-corrected chi connectivity index (χ3v) is 5.02. The Hall–Kier alpha value is -3.61. The molecule has 0 radical (unpaired) electrons. The second kappa shape index (κ2) is 9.68. The summed E-state index contributed by atoms with van der Waals surface area (Å²) in [6, 6.07) is 18.8. The number of benzene rings is 2. The van der Waals surface area contributed by atoms with Crippen LogP contribution in [0.25, 0.3) is 5.69 Å². The third-order valence-electron chi connectivity index (χ3n) is 5.02. The summed E-state index contributed by atoms with van der Waals surface area (Å²) < 4.78 is 1.72. The lowest BCUT2D eigenvalue weighted by atomic mass is 9.92. The van der Waals surface area contributed by atoms with Gasteiger partial charge in [0.25, 0.3) is 0 Å². The van der Waals surface area contributed by atoms with Crippen LogP contribution in [0.3, 0.4) is 0 Å². The second-order valence-corrected chi connectivity index (χ2v) is 8.77. The van der Waals surface area contributed by atoms with E-state index in [9.17, 15) is 9.59 Å². The van der Waals surface area contributed by atoms with Crippen molar-refractivity contribution in [1.29, 1.82) is 0 Å². The Kier molecular flexibility index (Phi) is 6.98. The van der Waals surface area contributed by atoms with Crippen LogP contribution in [0.2, 0.25) is 0 Å². The number of amides is 3. The monoisotopic (exact) mass is 433 g/mol. The number of urea groups is 1. The van der Waals surface area contributed by atoms with E-state index in [0.717, 1.165) is 16.9 Å². The van der Waals surface area contributed by atoms with Crippen molar-refractivity contribution < 1.29 is 9.59 Å². The van der Waals surface area contributed by atoms with Gasteiger partial charge in [-0.2, -0.15) is 5.10 Å². The molecule has 32 heavy (non-hydrogen) atoms. The van der Waals surface area contributed by atoms with Crippen LogP contribution in [-0.2, 0) is 10.2 Å². The van der Waals surface area contributed by atoms with Gasteiger partial charge in [-0.05, 0) is 43.7 Å². The molecule has 0 saturated carbocycles. The molecule has 2 N–H and O–H groups in total. The molecule has 1 heterocycles. The van der Waals surface area contributed by atoms with Crippen LogP contribution in [0.15, 0.2) is 60.7 Å². The zero-order chi connectivity index (χ0) is 23.3. The molecular weight excluding hydrogens is 402 g/mol. The van der Waals surface area contributed by atoms with Crippen LogP contribution in [0.1, 0.15) is 39.0 Å². The molecule has 3 amide bonds. The summed E-state index contributed by atoms with van der Waals surface area (Å²) in [5.74, 6) is 0.282. The maximum atomic E-state index is 12.9. The van der Waals surface area contributed by atoms with E-state index in [1.807, 2.05) is 74.5 Å². The first-order valence-electron chi connectivity index (χ1n) is 10.8. The highest BCUT2D eigenvalue weighted by molar-refractivity contribution is 5.96. The summed E-state index contributed by atoms with van der Waals surface area (Å²) >= 11 is 0. The topological polar surface area (TPSA) is 79.3 Å². The third kappa shape index (κ3) is 5.75. The minimum atomic E-state index is -0.319. The van der Waals surface area contributed by atoms with Crippen LogP contribution in [0, 0.1) is 6.92 Å². The molecule has 0 unspecified atom stereocenters. The van der Waals surface area contributed by atoms with E-state index in [1.54, 1.807) is 4.68 Å². The summed E-state index contributed by atoms with van der Waals surface area (Å²) in [7, 11) is 0.